The molecule has 0 aromatic heterocycles. The molecule has 0 spiro atoms. The number of hydrogen-bond donors (Lipinski definition) is 0. The molecule has 0 saturated heterocycles. The van der Waals surface area contributed by atoms with Crippen LogP contribution in [0.5, 0.6) is 0 Å². The van der Waals surface area contributed by atoms with Gasteiger partial charge in [-0.05, 0) is 25.1 Å². The predicted molar refractivity (Wildman–Crippen MR) is 89.8 cm³/mol. The standard InChI is InChI=1S/C16H13N3O3S/c1-11-15(23-14-10-6-5-9-13(14)19(21)22)16(20)18(17-11)12-7-3-2-4-8-12/h2-10,15H,1H3/t15-/m1/s1. The van der Waals surface area contributed by atoms with Crippen LogP contribution in [0, 0.1) is 10.1 Å². The molecule has 1 heterocycles. The lowest BCUT2D eigenvalue weighted by molar-refractivity contribution is -0.387. The summed E-state index contributed by atoms with van der Waals surface area (Å²) in [5.41, 5.74) is 1.31. The minimum Gasteiger partial charge on any atom is -0.271 e. The third kappa shape index (κ3) is 2.95. The maximum Gasteiger partial charge on any atom is 0.282 e. The van der Waals surface area contributed by atoms with Crippen LogP contribution in [0.15, 0.2) is 64.6 Å². The van der Waals surface area contributed by atoms with Gasteiger partial charge in [0.05, 0.1) is 21.2 Å². The van der Waals surface area contributed by atoms with E-state index in [2.05, 4.69) is 5.10 Å². The van der Waals surface area contributed by atoms with Crippen molar-refractivity contribution in [2.75, 3.05) is 5.01 Å². The Balaban J connectivity index is 1.87. The molecular weight excluding hydrogens is 314 g/mol. The molecule has 3 rings (SSSR count). The summed E-state index contributed by atoms with van der Waals surface area (Å²) in [5, 5.41) is 16.2. The van der Waals surface area contributed by atoms with Crippen LogP contribution in [0.2, 0.25) is 0 Å². The summed E-state index contributed by atoms with van der Waals surface area (Å²) in [6, 6.07) is 15.5. The van der Waals surface area contributed by atoms with Gasteiger partial charge < -0.3 is 0 Å². The summed E-state index contributed by atoms with van der Waals surface area (Å²) in [6.07, 6.45) is 0. The van der Waals surface area contributed by atoms with Crippen LogP contribution in [0.1, 0.15) is 6.92 Å². The van der Waals surface area contributed by atoms with E-state index in [-0.39, 0.29) is 11.6 Å². The summed E-state index contributed by atoms with van der Waals surface area (Å²) in [7, 11) is 0. The SMILES string of the molecule is CC1=NN(c2ccccc2)C(=O)[C@@H]1Sc1ccccc1[N+](=O)[O-]. The van der Waals surface area contributed by atoms with Crippen molar-refractivity contribution in [1.29, 1.82) is 0 Å². The monoisotopic (exact) mass is 327 g/mol. The minimum absolute atomic E-state index is 0.00346. The van der Waals surface area contributed by atoms with Gasteiger partial charge in [0.1, 0.15) is 5.25 Å². The maximum atomic E-state index is 12.6. The van der Waals surface area contributed by atoms with Gasteiger partial charge in [-0.3, -0.25) is 14.9 Å². The Morgan fingerprint density at radius 1 is 1.13 bits per heavy atom. The second-order valence-electron chi connectivity index (χ2n) is 4.95. The van der Waals surface area contributed by atoms with Crippen molar-refractivity contribution < 1.29 is 9.72 Å². The lowest BCUT2D eigenvalue weighted by Crippen LogP contribution is -2.29. The lowest BCUT2D eigenvalue weighted by atomic mass is 10.3. The van der Waals surface area contributed by atoms with Crippen LogP contribution in [0.25, 0.3) is 0 Å². The molecule has 1 atom stereocenters. The fourth-order valence-corrected chi connectivity index (χ4v) is 3.37. The van der Waals surface area contributed by atoms with Crippen molar-refractivity contribution in [2.45, 2.75) is 17.1 Å². The van der Waals surface area contributed by atoms with Gasteiger partial charge in [0.25, 0.3) is 11.6 Å². The fourth-order valence-electron chi connectivity index (χ4n) is 2.27. The average molecular weight is 327 g/mol. The van der Waals surface area contributed by atoms with E-state index >= 15 is 0 Å². The molecule has 1 amide bonds. The van der Waals surface area contributed by atoms with Crippen LogP contribution in [-0.4, -0.2) is 21.8 Å². The van der Waals surface area contributed by atoms with Crippen molar-refractivity contribution in [2.24, 2.45) is 5.10 Å². The highest BCUT2D eigenvalue weighted by molar-refractivity contribution is 8.01. The Bertz CT molecular complexity index is 792. The molecule has 0 radical (unpaired) electrons. The Morgan fingerprint density at radius 2 is 1.78 bits per heavy atom. The smallest absolute Gasteiger partial charge is 0.271 e. The molecule has 6 nitrogen and oxygen atoms in total. The summed E-state index contributed by atoms with van der Waals surface area (Å²) in [5.74, 6) is -0.197. The zero-order valence-corrected chi connectivity index (χ0v) is 13.1. The predicted octanol–water partition coefficient (Wildman–Crippen LogP) is 3.48. The molecular formula is C16H13N3O3S. The number of thioether (sulfide) groups is 1. The number of para-hydroxylation sites is 2. The van der Waals surface area contributed by atoms with Gasteiger partial charge in [0, 0.05) is 6.07 Å². The number of nitro groups is 1. The first-order chi connectivity index (χ1) is 11.1. The molecule has 0 bridgehead atoms. The number of rotatable bonds is 4. The van der Waals surface area contributed by atoms with Crippen molar-refractivity contribution in [3.8, 4) is 0 Å². The highest BCUT2D eigenvalue weighted by Gasteiger charge is 2.36. The van der Waals surface area contributed by atoms with E-state index in [4.69, 9.17) is 0 Å². The van der Waals surface area contributed by atoms with E-state index in [1.165, 1.54) is 11.1 Å². The molecule has 0 unspecified atom stereocenters. The maximum absolute atomic E-state index is 12.6. The Kier molecular flexibility index (Phi) is 4.12. The average Bonchev–Trinajstić information content (AvgIpc) is 2.84. The van der Waals surface area contributed by atoms with Crippen molar-refractivity contribution >= 4 is 34.8 Å². The summed E-state index contributed by atoms with van der Waals surface area (Å²) >= 11 is 1.16. The van der Waals surface area contributed by atoms with Crippen LogP contribution in [-0.2, 0) is 4.79 Å². The van der Waals surface area contributed by atoms with Gasteiger partial charge in [-0.2, -0.15) is 10.1 Å². The second-order valence-corrected chi connectivity index (χ2v) is 6.10. The third-order valence-electron chi connectivity index (χ3n) is 3.38. The number of amides is 1. The van der Waals surface area contributed by atoms with E-state index in [0.29, 0.717) is 16.3 Å². The first-order valence-corrected chi connectivity index (χ1v) is 7.80. The van der Waals surface area contributed by atoms with Crippen LogP contribution in [0.4, 0.5) is 11.4 Å². The van der Waals surface area contributed by atoms with Gasteiger partial charge in [0.2, 0.25) is 0 Å². The number of nitrogens with zero attached hydrogens (tertiary/aromatic N) is 3. The molecule has 0 aliphatic carbocycles. The number of benzene rings is 2. The number of hydrogen-bond acceptors (Lipinski definition) is 5. The van der Waals surface area contributed by atoms with Crippen LogP contribution < -0.4 is 5.01 Å². The van der Waals surface area contributed by atoms with Crippen LogP contribution in [0.3, 0.4) is 0 Å². The number of carbonyl (C=O) groups excluding carboxylic acids is 1. The van der Waals surface area contributed by atoms with Gasteiger partial charge in [-0.1, -0.05) is 42.1 Å². The van der Waals surface area contributed by atoms with Gasteiger partial charge in [-0.25, -0.2) is 0 Å². The number of hydrazone groups is 1. The van der Waals surface area contributed by atoms with Gasteiger partial charge in [0.15, 0.2) is 0 Å². The molecule has 1 aliphatic rings. The minimum atomic E-state index is -0.559. The molecule has 7 heteroatoms. The molecule has 0 fully saturated rings. The highest BCUT2D eigenvalue weighted by atomic mass is 32.2. The third-order valence-corrected chi connectivity index (χ3v) is 4.76. The van der Waals surface area contributed by atoms with Crippen LogP contribution >= 0.6 is 11.8 Å². The second kappa shape index (κ2) is 6.21. The summed E-state index contributed by atoms with van der Waals surface area (Å²) < 4.78 is 0. The van der Waals surface area contributed by atoms with E-state index in [1.54, 1.807) is 37.3 Å². The molecule has 0 saturated carbocycles. The molecule has 2 aromatic carbocycles. The zero-order chi connectivity index (χ0) is 16.4. The van der Waals surface area contributed by atoms with Crippen molar-refractivity contribution in [3.05, 3.63) is 64.7 Å². The largest absolute Gasteiger partial charge is 0.282 e. The Labute approximate surface area is 137 Å². The van der Waals surface area contributed by atoms with Gasteiger partial charge >= 0.3 is 0 Å². The van der Waals surface area contributed by atoms with E-state index in [1.807, 2.05) is 18.2 Å². The Morgan fingerprint density at radius 3 is 2.48 bits per heavy atom. The molecule has 0 N–H and O–H groups in total. The highest BCUT2D eigenvalue weighted by Crippen LogP contribution is 2.36. The molecule has 2 aromatic rings. The number of carbonyl (C=O) groups is 1. The first-order valence-electron chi connectivity index (χ1n) is 6.92. The quantitative estimate of drug-likeness (QED) is 0.636. The lowest BCUT2D eigenvalue weighted by Gasteiger charge is -2.14. The zero-order valence-electron chi connectivity index (χ0n) is 12.2. The fraction of sp³-hybridized carbons (Fsp3) is 0.125. The van der Waals surface area contributed by atoms with Gasteiger partial charge in [-0.15, -0.1) is 0 Å². The van der Waals surface area contributed by atoms with Crippen molar-refractivity contribution in [1.82, 2.24) is 0 Å². The number of nitro benzene ring substituents is 1. The molecule has 23 heavy (non-hydrogen) atoms. The Hall–Kier alpha value is -2.67. The molecule has 1 aliphatic heterocycles. The molecule has 116 valence electrons. The first kappa shape index (κ1) is 15.2. The summed E-state index contributed by atoms with van der Waals surface area (Å²) in [4.78, 5) is 23.8. The van der Waals surface area contributed by atoms with E-state index in [0.717, 1.165) is 11.8 Å². The summed E-state index contributed by atoms with van der Waals surface area (Å²) in [6.45, 7) is 1.76. The topological polar surface area (TPSA) is 75.8 Å². The van der Waals surface area contributed by atoms with Crippen molar-refractivity contribution in [3.63, 3.8) is 0 Å². The number of anilines is 1. The van der Waals surface area contributed by atoms with E-state index < -0.39 is 10.2 Å². The van der Waals surface area contributed by atoms with E-state index in [9.17, 15) is 14.9 Å². The normalized spacial score (nSPS) is 17.3.